The average molecular weight is 188 g/mol. The van der Waals surface area contributed by atoms with Crippen molar-refractivity contribution >= 4 is 5.91 Å². The van der Waals surface area contributed by atoms with Crippen LogP contribution in [0.4, 0.5) is 0 Å². The van der Waals surface area contributed by atoms with Gasteiger partial charge in [-0.2, -0.15) is 0 Å². The summed E-state index contributed by atoms with van der Waals surface area (Å²) in [6, 6.07) is -0.182. The first kappa shape index (κ1) is 12.4. The van der Waals surface area contributed by atoms with Gasteiger partial charge in [0.2, 0.25) is 5.91 Å². The van der Waals surface area contributed by atoms with E-state index in [-0.39, 0.29) is 24.5 Å². The van der Waals surface area contributed by atoms with E-state index in [1.165, 1.54) is 0 Å². The number of hydrogen-bond acceptors (Lipinski definition) is 3. The lowest BCUT2D eigenvalue weighted by Crippen LogP contribution is -2.41. The number of aliphatic hydroxyl groups is 1. The van der Waals surface area contributed by atoms with Crippen LogP contribution in [0.1, 0.15) is 26.7 Å². The van der Waals surface area contributed by atoms with Gasteiger partial charge in [0.1, 0.15) is 0 Å². The fraction of sp³-hybridized carbons (Fsp3) is 0.889. The van der Waals surface area contributed by atoms with Crippen molar-refractivity contribution in [2.24, 2.45) is 11.7 Å². The molecule has 4 heteroatoms. The highest BCUT2D eigenvalue weighted by atomic mass is 16.3. The number of aliphatic hydroxyl groups excluding tert-OH is 1. The van der Waals surface area contributed by atoms with Gasteiger partial charge in [0.05, 0.1) is 12.5 Å². The fourth-order valence-corrected chi connectivity index (χ4v) is 1.11. The second kappa shape index (κ2) is 6.86. The van der Waals surface area contributed by atoms with E-state index < -0.39 is 0 Å². The predicted molar refractivity (Wildman–Crippen MR) is 52.1 cm³/mol. The first-order valence-electron chi connectivity index (χ1n) is 4.77. The van der Waals surface area contributed by atoms with Crippen LogP contribution in [0.3, 0.4) is 0 Å². The lowest BCUT2D eigenvalue weighted by Gasteiger charge is -2.16. The van der Waals surface area contributed by atoms with E-state index >= 15 is 0 Å². The predicted octanol–water partition coefficient (Wildman–Crippen LogP) is -0.142. The molecular formula is C9H20N2O2. The topological polar surface area (TPSA) is 75.4 Å². The molecule has 0 spiro atoms. The van der Waals surface area contributed by atoms with Crippen molar-refractivity contribution in [1.82, 2.24) is 5.32 Å². The van der Waals surface area contributed by atoms with Crippen LogP contribution in [-0.2, 0) is 4.79 Å². The highest BCUT2D eigenvalue weighted by Gasteiger charge is 2.16. The van der Waals surface area contributed by atoms with Crippen molar-refractivity contribution in [1.29, 1.82) is 0 Å². The van der Waals surface area contributed by atoms with Crippen molar-refractivity contribution in [3.63, 3.8) is 0 Å². The minimum Gasteiger partial charge on any atom is -0.394 e. The Morgan fingerprint density at radius 2 is 2.23 bits per heavy atom. The lowest BCUT2D eigenvalue weighted by atomic mass is 10.0. The monoisotopic (exact) mass is 188 g/mol. The van der Waals surface area contributed by atoms with Crippen LogP contribution in [0.25, 0.3) is 0 Å². The molecule has 0 aromatic heterocycles. The molecule has 0 fully saturated rings. The maximum absolute atomic E-state index is 11.4. The van der Waals surface area contributed by atoms with E-state index in [0.717, 1.165) is 12.8 Å². The SMILES string of the molecule is CCCC(CN)C(=O)NC(C)CO. The van der Waals surface area contributed by atoms with E-state index in [1.807, 2.05) is 6.92 Å². The van der Waals surface area contributed by atoms with Gasteiger partial charge in [-0.3, -0.25) is 4.79 Å². The Morgan fingerprint density at radius 3 is 2.62 bits per heavy atom. The Kier molecular flexibility index (Phi) is 6.54. The molecule has 2 atom stereocenters. The summed E-state index contributed by atoms with van der Waals surface area (Å²) < 4.78 is 0. The molecule has 0 heterocycles. The lowest BCUT2D eigenvalue weighted by molar-refractivity contribution is -0.125. The number of carbonyl (C=O) groups excluding carboxylic acids is 1. The summed E-state index contributed by atoms with van der Waals surface area (Å²) in [5, 5.41) is 11.4. The Labute approximate surface area is 79.5 Å². The van der Waals surface area contributed by atoms with Gasteiger partial charge in [0.15, 0.2) is 0 Å². The maximum Gasteiger partial charge on any atom is 0.224 e. The summed E-state index contributed by atoms with van der Waals surface area (Å²) in [6.45, 7) is 4.12. The third-order valence-electron chi connectivity index (χ3n) is 1.95. The largest absolute Gasteiger partial charge is 0.394 e. The second-order valence-corrected chi connectivity index (χ2v) is 3.31. The third kappa shape index (κ3) is 4.85. The molecule has 4 nitrogen and oxygen atoms in total. The summed E-state index contributed by atoms with van der Waals surface area (Å²) >= 11 is 0. The number of amides is 1. The van der Waals surface area contributed by atoms with Crippen LogP contribution in [0, 0.1) is 5.92 Å². The molecule has 0 aliphatic rings. The highest BCUT2D eigenvalue weighted by molar-refractivity contribution is 5.79. The Balaban J connectivity index is 3.90. The van der Waals surface area contributed by atoms with E-state index in [4.69, 9.17) is 10.8 Å². The highest BCUT2D eigenvalue weighted by Crippen LogP contribution is 2.04. The molecule has 4 N–H and O–H groups in total. The van der Waals surface area contributed by atoms with E-state index in [9.17, 15) is 4.79 Å². The third-order valence-corrected chi connectivity index (χ3v) is 1.95. The van der Waals surface area contributed by atoms with Crippen LogP contribution < -0.4 is 11.1 Å². The number of nitrogens with two attached hydrogens (primary N) is 1. The van der Waals surface area contributed by atoms with Crippen LogP contribution >= 0.6 is 0 Å². The van der Waals surface area contributed by atoms with Crippen molar-refractivity contribution < 1.29 is 9.90 Å². The van der Waals surface area contributed by atoms with Gasteiger partial charge in [0.25, 0.3) is 0 Å². The first-order valence-corrected chi connectivity index (χ1v) is 4.77. The van der Waals surface area contributed by atoms with Gasteiger partial charge in [-0.25, -0.2) is 0 Å². The summed E-state index contributed by atoms with van der Waals surface area (Å²) in [5.74, 6) is -0.162. The smallest absolute Gasteiger partial charge is 0.224 e. The minimum absolute atomic E-state index is 0.0326. The maximum atomic E-state index is 11.4. The number of rotatable bonds is 6. The number of hydrogen-bond donors (Lipinski definition) is 3. The van der Waals surface area contributed by atoms with Crippen LogP contribution in [0.2, 0.25) is 0 Å². The van der Waals surface area contributed by atoms with Crippen LogP contribution in [0.15, 0.2) is 0 Å². The molecule has 78 valence electrons. The van der Waals surface area contributed by atoms with E-state index in [1.54, 1.807) is 6.92 Å². The van der Waals surface area contributed by atoms with Crippen molar-refractivity contribution in [3.05, 3.63) is 0 Å². The second-order valence-electron chi connectivity index (χ2n) is 3.31. The summed E-state index contributed by atoms with van der Waals surface area (Å²) in [7, 11) is 0. The quantitative estimate of drug-likeness (QED) is 0.543. The van der Waals surface area contributed by atoms with Crippen LogP contribution in [-0.4, -0.2) is 30.2 Å². The van der Waals surface area contributed by atoms with Gasteiger partial charge < -0.3 is 16.2 Å². The summed E-state index contributed by atoms with van der Waals surface area (Å²) in [4.78, 5) is 11.4. The van der Waals surface area contributed by atoms with Gasteiger partial charge in [-0.05, 0) is 13.3 Å². The fourth-order valence-electron chi connectivity index (χ4n) is 1.11. The molecule has 0 aromatic rings. The zero-order valence-corrected chi connectivity index (χ0v) is 8.42. The first-order chi connectivity index (χ1) is 6.15. The van der Waals surface area contributed by atoms with Gasteiger partial charge in [-0.1, -0.05) is 13.3 Å². The molecule has 0 radical (unpaired) electrons. The molecule has 13 heavy (non-hydrogen) atoms. The normalized spacial score (nSPS) is 15.1. The van der Waals surface area contributed by atoms with E-state index in [0.29, 0.717) is 6.54 Å². The minimum atomic E-state index is -0.182. The van der Waals surface area contributed by atoms with Crippen molar-refractivity contribution in [2.45, 2.75) is 32.7 Å². The molecule has 0 aliphatic carbocycles. The summed E-state index contributed by atoms with van der Waals surface area (Å²) in [6.07, 6.45) is 1.75. The molecular weight excluding hydrogens is 168 g/mol. The standard InChI is InChI=1S/C9H20N2O2/c1-3-4-8(5-10)9(13)11-7(2)6-12/h7-8,12H,3-6,10H2,1-2H3,(H,11,13). The van der Waals surface area contributed by atoms with Gasteiger partial charge in [-0.15, -0.1) is 0 Å². The van der Waals surface area contributed by atoms with Crippen LogP contribution in [0.5, 0.6) is 0 Å². The van der Waals surface area contributed by atoms with E-state index in [2.05, 4.69) is 5.32 Å². The van der Waals surface area contributed by atoms with Gasteiger partial charge in [0, 0.05) is 12.6 Å². The number of nitrogens with one attached hydrogen (secondary N) is 1. The zero-order chi connectivity index (χ0) is 10.3. The molecule has 0 saturated carbocycles. The average Bonchev–Trinajstić information content (AvgIpc) is 2.13. The zero-order valence-electron chi connectivity index (χ0n) is 8.42. The molecule has 0 aromatic carbocycles. The molecule has 0 aliphatic heterocycles. The molecule has 1 amide bonds. The van der Waals surface area contributed by atoms with Crippen molar-refractivity contribution in [2.75, 3.05) is 13.2 Å². The number of carbonyl (C=O) groups is 1. The molecule has 0 bridgehead atoms. The summed E-state index contributed by atoms with van der Waals surface area (Å²) in [5.41, 5.74) is 5.45. The molecule has 2 unspecified atom stereocenters. The Hall–Kier alpha value is -0.610. The van der Waals surface area contributed by atoms with Crippen molar-refractivity contribution in [3.8, 4) is 0 Å². The molecule has 0 saturated heterocycles. The molecule has 0 rings (SSSR count). The Morgan fingerprint density at radius 1 is 1.62 bits per heavy atom. The Bertz CT molecular complexity index is 151. The van der Waals surface area contributed by atoms with Gasteiger partial charge >= 0.3 is 0 Å².